The largest absolute Gasteiger partial charge is 0.507 e. The molecule has 1 aromatic carbocycles. The normalized spacial score (nSPS) is 18.9. The molecule has 0 radical (unpaired) electrons. The molecule has 0 amide bonds. The van der Waals surface area contributed by atoms with E-state index in [0.717, 1.165) is 31.3 Å². The summed E-state index contributed by atoms with van der Waals surface area (Å²) in [6, 6.07) is 3.12. The smallest absolute Gasteiger partial charge is 0.465 e. The molecule has 0 aromatic heterocycles. The lowest BCUT2D eigenvalue weighted by Gasteiger charge is -2.32. The first-order valence-electron chi connectivity index (χ1n) is 7.94. The quantitative estimate of drug-likeness (QED) is 0.555. The summed E-state index contributed by atoms with van der Waals surface area (Å²) in [5.74, 6) is -3.11. The zero-order chi connectivity index (χ0) is 21.4. The molecule has 11 heteroatoms. The Kier molecular flexibility index (Phi) is 4.99. The molecule has 2 heterocycles. The number of methoxy groups -OCH3 is 2. The standard InChI is InChI=1S/C18H13F4NO6/c1-26-15(24)11-5-3-4-8-23(14(11)16(25)27-2)10-6-7-12-13(9-10)29-18(21,22)17(19,20)28-12/h3-9H,1-2H3. The predicted molar refractivity (Wildman–Crippen MR) is 89.4 cm³/mol. The van der Waals surface area contributed by atoms with Gasteiger partial charge in [0.25, 0.3) is 0 Å². The molecule has 0 spiro atoms. The maximum Gasteiger partial charge on any atom is 0.507 e. The van der Waals surface area contributed by atoms with Crippen molar-refractivity contribution in [3.63, 3.8) is 0 Å². The van der Waals surface area contributed by atoms with E-state index in [2.05, 4.69) is 14.2 Å². The van der Waals surface area contributed by atoms with Crippen LogP contribution in [0.15, 0.2) is 53.9 Å². The number of alkyl halides is 4. The SMILES string of the molecule is COC(=O)C1=C(C(=O)OC)N(c2ccc3c(c2)OC(F)(F)C(F)(F)O3)C=CC=C1. The van der Waals surface area contributed by atoms with E-state index in [0.29, 0.717) is 0 Å². The van der Waals surface area contributed by atoms with Gasteiger partial charge in [-0.1, -0.05) is 6.08 Å². The Bertz CT molecular complexity index is 954. The molecule has 0 N–H and O–H groups in total. The van der Waals surface area contributed by atoms with Gasteiger partial charge in [0.15, 0.2) is 11.5 Å². The lowest BCUT2D eigenvalue weighted by molar-refractivity contribution is -0.391. The van der Waals surface area contributed by atoms with Gasteiger partial charge in [-0.15, -0.1) is 0 Å². The number of hydrogen-bond acceptors (Lipinski definition) is 7. The topological polar surface area (TPSA) is 74.3 Å². The minimum absolute atomic E-state index is 0.0233. The second kappa shape index (κ2) is 7.15. The number of esters is 2. The third-order valence-electron chi connectivity index (χ3n) is 3.91. The van der Waals surface area contributed by atoms with Crippen LogP contribution in [-0.4, -0.2) is 38.4 Å². The predicted octanol–water partition coefficient (Wildman–Crippen LogP) is 3.13. The molecule has 2 aliphatic rings. The molecule has 1 aromatic rings. The van der Waals surface area contributed by atoms with Gasteiger partial charge in [-0.25, -0.2) is 9.59 Å². The van der Waals surface area contributed by atoms with Crippen LogP contribution in [0.1, 0.15) is 0 Å². The summed E-state index contributed by atoms with van der Waals surface area (Å²) >= 11 is 0. The number of halogens is 4. The van der Waals surface area contributed by atoms with Crippen LogP contribution in [0.25, 0.3) is 0 Å². The van der Waals surface area contributed by atoms with Gasteiger partial charge in [-0.05, 0) is 24.3 Å². The summed E-state index contributed by atoms with van der Waals surface area (Å²) in [4.78, 5) is 25.6. The number of nitrogens with zero attached hydrogens (tertiary/aromatic N) is 1. The number of ether oxygens (including phenoxy) is 4. The Balaban J connectivity index is 2.12. The first-order chi connectivity index (χ1) is 13.6. The first-order valence-corrected chi connectivity index (χ1v) is 7.94. The van der Waals surface area contributed by atoms with Gasteiger partial charge in [0.1, 0.15) is 5.70 Å². The van der Waals surface area contributed by atoms with Crippen molar-refractivity contribution in [1.82, 2.24) is 0 Å². The van der Waals surface area contributed by atoms with Crippen molar-refractivity contribution in [3.05, 3.63) is 53.9 Å². The molecule has 3 rings (SSSR count). The number of carbonyl (C=O) groups is 2. The Labute approximate surface area is 161 Å². The highest BCUT2D eigenvalue weighted by molar-refractivity contribution is 6.05. The number of rotatable bonds is 3. The first kappa shape index (κ1) is 20.2. The number of hydrogen-bond donors (Lipinski definition) is 0. The molecular weight excluding hydrogens is 402 g/mol. The molecule has 7 nitrogen and oxygen atoms in total. The van der Waals surface area contributed by atoms with Crippen LogP contribution in [0, 0.1) is 0 Å². The molecule has 0 atom stereocenters. The molecular formula is C18H13F4NO6. The second-order valence-corrected chi connectivity index (χ2v) is 5.68. The number of anilines is 1. The van der Waals surface area contributed by atoms with Gasteiger partial charge in [0.2, 0.25) is 0 Å². The van der Waals surface area contributed by atoms with Crippen LogP contribution in [0.5, 0.6) is 11.5 Å². The van der Waals surface area contributed by atoms with E-state index < -0.39 is 35.7 Å². The fourth-order valence-corrected chi connectivity index (χ4v) is 2.57. The lowest BCUT2D eigenvalue weighted by Crippen LogP contribution is -2.52. The number of fused-ring (bicyclic) bond motifs is 1. The monoisotopic (exact) mass is 415 g/mol. The molecule has 0 unspecified atom stereocenters. The van der Waals surface area contributed by atoms with Crippen molar-refractivity contribution >= 4 is 17.6 Å². The van der Waals surface area contributed by atoms with E-state index >= 15 is 0 Å². The second-order valence-electron chi connectivity index (χ2n) is 5.68. The van der Waals surface area contributed by atoms with E-state index in [9.17, 15) is 27.2 Å². The van der Waals surface area contributed by atoms with Gasteiger partial charge in [-0.3, -0.25) is 0 Å². The highest BCUT2D eigenvalue weighted by Crippen LogP contribution is 2.48. The Hall–Kier alpha value is -3.50. The minimum Gasteiger partial charge on any atom is -0.465 e. The van der Waals surface area contributed by atoms with Crippen LogP contribution in [0.4, 0.5) is 23.2 Å². The zero-order valence-electron chi connectivity index (χ0n) is 15.0. The van der Waals surface area contributed by atoms with Crippen molar-refractivity contribution in [2.75, 3.05) is 19.1 Å². The lowest BCUT2D eigenvalue weighted by atomic mass is 10.1. The fourth-order valence-electron chi connectivity index (χ4n) is 2.57. The van der Waals surface area contributed by atoms with Crippen molar-refractivity contribution in [2.24, 2.45) is 0 Å². The van der Waals surface area contributed by atoms with Crippen LogP contribution in [0.3, 0.4) is 0 Å². The highest BCUT2D eigenvalue weighted by Gasteiger charge is 2.66. The molecule has 0 saturated carbocycles. The molecule has 154 valence electrons. The third-order valence-corrected chi connectivity index (χ3v) is 3.91. The molecule has 0 saturated heterocycles. The number of benzene rings is 1. The summed E-state index contributed by atoms with van der Waals surface area (Å²) in [5, 5.41) is 0. The van der Waals surface area contributed by atoms with E-state index in [4.69, 9.17) is 4.74 Å². The zero-order valence-corrected chi connectivity index (χ0v) is 15.0. The van der Waals surface area contributed by atoms with Crippen LogP contribution in [0.2, 0.25) is 0 Å². The van der Waals surface area contributed by atoms with Crippen molar-refractivity contribution in [3.8, 4) is 11.5 Å². The Morgan fingerprint density at radius 2 is 1.55 bits per heavy atom. The molecule has 0 aliphatic carbocycles. The number of carbonyl (C=O) groups excluding carboxylic acids is 2. The number of allylic oxidation sites excluding steroid dienone is 2. The summed E-state index contributed by atoms with van der Waals surface area (Å²) in [7, 11) is 2.18. The van der Waals surface area contributed by atoms with Crippen LogP contribution >= 0.6 is 0 Å². The third kappa shape index (κ3) is 3.50. The van der Waals surface area contributed by atoms with E-state index in [-0.39, 0.29) is 17.0 Å². The average molecular weight is 415 g/mol. The summed E-state index contributed by atoms with van der Waals surface area (Å²) in [6.07, 6.45) is -4.27. The van der Waals surface area contributed by atoms with Crippen molar-refractivity contribution in [1.29, 1.82) is 0 Å². The van der Waals surface area contributed by atoms with E-state index in [1.165, 1.54) is 30.5 Å². The Morgan fingerprint density at radius 3 is 2.17 bits per heavy atom. The van der Waals surface area contributed by atoms with Gasteiger partial charge >= 0.3 is 24.2 Å². The fraction of sp³-hybridized carbons (Fsp3) is 0.222. The van der Waals surface area contributed by atoms with Gasteiger partial charge < -0.3 is 23.8 Å². The molecule has 0 bridgehead atoms. The maximum atomic E-state index is 13.5. The Morgan fingerprint density at radius 1 is 0.931 bits per heavy atom. The van der Waals surface area contributed by atoms with Crippen molar-refractivity contribution in [2.45, 2.75) is 12.2 Å². The van der Waals surface area contributed by atoms with Gasteiger partial charge in [0, 0.05) is 18.0 Å². The van der Waals surface area contributed by atoms with Crippen LogP contribution in [-0.2, 0) is 19.1 Å². The van der Waals surface area contributed by atoms with Gasteiger partial charge in [0.05, 0.1) is 19.8 Å². The highest BCUT2D eigenvalue weighted by atomic mass is 19.3. The maximum absolute atomic E-state index is 13.5. The molecule has 29 heavy (non-hydrogen) atoms. The van der Waals surface area contributed by atoms with Crippen molar-refractivity contribution < 1.29 is 46.1 Å². The van der Waals surface area contributed by atoms with E-state index in [1.54, 1.807) is 0 Å². The summed E-state index contributed by atoms with van der Waals surface area (Å²) in [5.41, 5.74) is -0.454. The summed E-state index contributed by atoms with van der Waals surface area (Å²) in [6.45, 7) is 0. The summed E-state index contributed by atoms with van der Waals surface area (Å²) < 4.78 is 71.1. The minimum atomic E-state index is -4.91. The average Bonchev–Trinajstić information content (AvgIpc) is 2.89. The molecule has 0 fully saturated rings. The van der Waals surface area contributed by atoms with Gasteiger partial charge in [-0.2, -0.15) is 17.6 Å². The van der Waals surface area contributed by atoms with Crippen LogP contribution < -0.4 is 14.4 Å². The van der Waals surface area contributed by atoms with E-state index in [1.807, 2.05) is 0 Å². The molecule has 2 aliphatic heterocycles.